The molecule has 3 N–H and O–H groups in total. The van der Waals surface area contributed by atoms with Gasteiger partial charge in [0, 0.05) is 34.3 Å². The molecule has 2 amide bonds. The van der Waals surface area contributed by atoms with Crippen molar-refractivity contribution in [3.8, 4) is 17.6 Å². The first kappa shape index (κ1) is 24.3. The van der Waals surface area contributed by atoms with Gasteiger partial charge in [-0.15, -0.1) is 0 Å². The number of hydrogen-bond acceptors (Lipinski definition) is 6. The summed E-state index contributed by atoms with van der Waals surface area (Å²) in [7, 11) is 1.48. The molecule has 0 aliphatic rings. The molecule has 8 nitrogen and oxygen atoms in total. The largest absolute Gasteiger partial charge is 0.507 e. The average molecular weight is 477 g/mol. The van der Waals surface area contributed by atoms with Gasteiger partial charge in [-0.25, -0.2) is 5.43 Å². The van der Waals surface area contributed by atoms with Crippen molar-refractivity contribution in [3.05, 3.63) is 87.9 Å². The predicted octanol–water partition coefficient (Wildman–Crippen LogP) is 4.26. The van der Waals surface area contributed by atoms with Gasteiger partial charge in [0.15, 0.2) is 0 Å². The van der Waals surface area contributed by atoms with Gasteiger partial charge in [0.2, 0.25) is 5.91 Å². The standard InChI is InChI=1S/C25H21ClN4O4/c1-34-23-13-21(29-24(32)11-4-16-2-7-20(26)8-3-16)9-5-18(23)15-28-30-25(33)17-6-10-22(31)19(12-17)14-27/h2-3,5-10,12-13,15,31H,4,11H2,1H3,(H,29,32)(H,30,33)/b28-15+. The molecular formula is C25H21ClN4O4. The summed E-state index contributed by atoms with van der Waals surface area (Å²) in [6.07, 6.45) is 2.29. The highest BCUT2D eigenvalue weighted by molar-refractivity contribution is 6.30. The number of methoxy groups -OCH3 is 1. The summed E-state index contributed by atoms with van der Waals surface area (Å²) < 4.78 is 5.36. The van der Waals surface area contributed by atoms with Crippen LogP contribution < -0.4 is 15.5 Å². The molecule has 9 heteroatoms. The summed E-state index contributed by atoms with van der Waals surface area (Å²) in [6, 6.07) is 18.1. The quantitative estimate of drug-likeness (QED) is 0.331. The van der Waals surface area contributed by atoms with Crippen LogP contribution in [-0.4, -0.2) is 30.2 Å². The number of carbonyl (C=O) groups excluding carboxylic acids is 2. The number of aryl methyl sites for hydroxylation is 1. The first-order valence-electron chi connectivity index (χ1n) is 10.2. The Balaban J connectivity index is 1.59. The highest BCUT2D eigenvalue weighted by atomic mass is 35.5. The topological polar surface area (TPSA) is 124 Å². The summed E-state index contributed by atoms with van der Waals surface area (Å²) >= 11 is 5.87. The molecule has 3 rings (SSSR count). The first-order valence-corrected chi connectivity index (χ1v) is 10.6. The Morgan fingerprint density at radius 3 is 2.62 bits per heavy atom. The van der Waals surface area contributed by atoms with Crippen molar-refractivity contribution in [1.29, 1.82) is 5.26 Å². The number of phenols is 1. The third kappa shape index (κ3) is 6.58. The van der Waals surface area contributed by atoms with Crippen LogP contribution in [-0.2, 0) is 11.2 Å². The number of rotatable bonds is 8. The highest BCUT2D eigenvalue weighted by Gasteiger charge is 2.10. The summed E-state index contributed by atoms with van der Waals surface area (Å²) in [5.41, 5.74) is 4.68. The van der Waals surface area contributed by atoms with Crippen molar-refractivity contribution in [2.45, 2.75) is 12.8 Å². The lowest BCUT2D eigenvalue weighted by Gasteiger charge is -2.10. The maximum Gasteiger partial charge on any atom is 0.271 e. The van der Waals surface area contributed by atoms with Gasteiger partial charge >= 0.3 is 0 Å². The van der Waals surface area contributed by atoms with Crippen LogP contribution >= 0.6 is 11.6 Å². The van der Waals surface area contributed by atoms with Crippen LogP contribution in [0.4, 0.5) is 5.69 Å². The SMILES string of the molecule is COc1cc(NC(=O)CCc2ccc(Cl)cc2)ccc1/C=N/NC(=O)c1ccc(O)c(C#N)c1. The number of nitrogens with one attached hydrogen (secondary N) is 2. The lowest BCUT2D eigenvalue weighted by atomic mass is 10.1. The lowest BCUT2D eigenvalue weighted by molar-refractivity contribution is -0.116. The molecular weight excluding hydrogens is 456 g/mol. The normalized spacial score (nSPS) is 10.5. The summed E-state index contributed by atoms with van der Waals surface area (Å²) in [4.78, 5) is 24.5. The van der Waals surface area contributed by atoms with E-state index in [9.17, 15) is 14.7 Å². The number of hydrogen-bond donors (Lipinski definition) is 3. The van der Waals surface area contributed by atoms with E-state index in [0.29, 0.717) is 34.9 Å². The lowest BCUT2D eigenvalue weighted by Crippen LogP contribution is -2.17. The van der Waals surface area contributed by atoms with E-state index >= 15 is 0 Å². The number of anilines is 1. The van der Waals surface area contributed by atoms with Crippen LogP contribution in [0.15, 0.2) is 65.8 Å². The average Bonchev–Trinajstić information content (AvgIpc) is 2.84. The molecule has 3 aromatic rings. The Morgan fingerprint density at radius 1 is 1.15 bits per heavy atom. The fourth-order valence-corrected chi connectivity index (χ4v) is 3.15. The van der Waals surface area contributed by atoms with Gasteiger partial charge in [-0.2, -0.15) is 10.4 Å². The fraction of sp³-hybridized carbons (Fsp3) is 0.120. The van der Waals surface area contributed by atoms with Crippen LogP contribution in [0.3, 0.4) is 0 Å². The summed E-state index contributed by atoms with van der Waals surface area (Å²) in [5, 5.41) is 25.9. The number of benzene rings is 3. The van der Waals surface area contributed by atoms with Crippen molar-refractivity contribution in [2.24, 2.45) is 5.10 Å². The van der Waals surface area contributed by atoms with E-state index in [1.165, 1.54) is 31.5 Å². The molecule has 0 atom stereocenters. The van der Waals surface area contributed by atoms with E-state index in [1.54, 1.807) is 36.4 Å². The highest BCUT2D eigenvalue weighted by Crippen LogP contribution is 2.22. The second kappa shape index (κ2) is 11.5. The van der Waals surface area contributed by atoms with Crippen LogP contribution in [0.5, 0.6) is 11.5 Å². The van der Waals surface area contributed by atoms with Crippen molar-refractivity contribution >= 4 is 35.3 Å². The van der Waals surface area contributed by atoms with Crippen LogP contribution in [0, 0.1) is 11.3 Å². The number of carbonyl (C=O) groups is 2. The van der Waals surface area contributed by atoms with Crippen LogP contribution in [0.1, 0.15) is 33.5 Å². The number of nitriles is 1. The molecule has 0 unspecified atom stereocenters. The predicted molar refractivity (Wildman–Crippen MR) is 129 cm³/mol. The minimum Gasteiger partial charge on any atom is -0.507 e. The number of halogens is 1. The minimum atomic E-state index is -0.545. The molecule has 0 spiro atoms. The number of phenolic OH excluding ortho intramolecular Hbond substituents is 1. The number of aromatic hydroxyl groups is 1. The zero-order valence-electron chi connectivity index (χ0n) is 18.2. The molecule has 3 aromatic carbocycles. The Bertz CT molecular complexity index is 1270. The zero-order chi connectivity index (χ0) is 24.5. The second-order valence-electron chi connectivity index (χ2n) is 7.17. The van der Waals surface area contributed by atoms with Crippen molar-refractivity contribution in [2.75, 3.05) is 12.4 Å². The van der Waals surface area contributed by atoms with Crippen molar-refractivity contribution < 1.29 is 19.4 Å². The van der Waals surface area contributed by atoms with Gasteiger partial charge in [-0.3, -0.25) is 9.59 Å². The monoisotopic (exact) mass is 476 g/mol. The molecule has 172 valence electrons. The molecule has 0 fully saturated rings. The van der Waals surface area contributed by atoms with E-state index in [-0.39, 0.29) is 22.8 Å². The molecule has 0 aliphatic heterocycles. The number of amides is 2. The van der Waals surface area contributed by atoms with Gasteiger partial charge < -0.3 is 15.2 Å². The molecule has 0 aliphatic carbocycles. The van der Waals surface area contributed by atoms with E-state index in [2.05, 4.69) is 15.8 Å². The summed E-state index contributed by atoms with van der Waals surface area (Å²) in [6.45, 7) is 0. The number of nitrogens with zero attached hydrogens (tertiary/aromatic N) is 2. The Kier molecular flexibility index (Phi) is 8.21. The van der Waals surface area contributed by atoms with Gasteiger partial charge in [0.1, 0.15) is 17.6 Å². The minimum absolute atomic E-state index is 0.0101. The Morgan fingerprint density at radius 2 is 1.91 bits per heavy atom. The molecule has 0 saturated carbocycles. The van der Waals surface area contributed by atoms with Crippen LogP contribution in [0.25, 0.3) is 0 Å². The van der Waals surface area contributed by atoms with E-state index in [1.807, 2.05) is 12.1 Å². The Hall–Kier alpha value is -4.35. The van der Waals surface area contributed by atoms with Crippen molar-refractivity contribution in [3.63, 3.8) is 0 Å². The third-order valence-corrected chi connectivity index (χ3v) is 5.07. The fourth-order valence-electron chi connectivity index (χ4n) is 3.02. The third-order valence-electron chi connectivity index (χ3n) is 4.82. The molecule has 34 heavy (non-hydrogen) atoms. The van der Waals surface area contributed by atoms with Gasteiger partial charge in [0.25, 0.3) is 5.91 Å². The summed E-state index contributed by atoms with van der Waals surface area (Å²) in [5.74, 6) is -0.443. The van der Waals surface area contributed by atoms with E-state index in [4.69, 9.17) is 21.6 Å². The first-order chi connectivity index (χ1) is 16.4. The number of ether oxygens (including phenoxy) is 1. The Labute approximate surface area is 201 Å². The molecule has 0 bridgehead atoms. The van der Waals surface area contributed by atoms with Gasteiger partial charge in [-0.05, 0) is 54.4 Å². The van der Waals surface area contributed by atoms with E-state index < -0.39 is 5.91 Å². The maximum atomic E-state index is 12.3. The van der Waals surface area contributed by atoms with Gasteiger partial charge in [-0.1, -0.05) is 23.7 Å². The molecule has 0 heterocycles. The van der Waals surface area contributed by atoms with Crippen LogP contribution in [0.2, 0.25) is 5.02 Å². The molecule has 0 radical (unpaired) electrons. The maximum absolute atomic E-state index is 12.3. The van der Waals surface area contributed by atoms with Crippen molar-refractivity contribution in [1.82, 2.24) is 5.43 Å². The second-order valence-corrected chi connectivity index (χ2v) is 7.61. The van der Waals surface area contributed by atoms with Gasteiger partial charge in [0.05, 0.1) is 18.9 Å². The molecule has 0 aromatic heterocycles. The molecule has 0 saturated heterocycles. The smallest absolute Gasteiger partial charge is 0.271 e. The zero-order valence-corrected chi connectivity index (χ0v) is 19.0. The van der Waals surface area contributed by atoms with E-state index in [0.717, 1.165) is 5.56 Å². The number of hydrazone groups is 1.